The highest BCUT2D eigenvalue weighted by molar-refractivity contribution is 5.96. The van der Waals surface area contributed by atoms with Crippen molar-refractivity contribution in [3.63, 3.8) is 0 Å². The molecule has 4 heteroatoms. The summed E-state index contributed by atoms with van der Waals surface area (Å²) in [5.41, 5.74) is 1.56. The van der Waals surface area contributed by atoms with Gasteiger partial charge in [0.15, 0.2) is 5.78 Å². The summed E-state index contributed by atoms with van der Waals surface area (Å²) in [4.78, 5) is 11.5. The van der Waals surface area contributed by atoms with Gasteiger partial charge in [-0.05, 0) is 43.7 Å². The molecule has 0 heterocycles. The van der Waals surface area contributed by atoms with Crippen LogP contribution in [0, 0.1) is 12.7 Å². The van der Waals surface area contributed by atoms with E-state index >= 15 is 0 Å². The number of Topliss-reactive ketones (excluding diaryl/α,β-unsaturated/α-hetero) is 1. The summed E-state index contributed by atoms with van der Waals surface area (Å²) in [7, 11) is 0. The fraction of sp³-hybridized carbons (Fsp3) is 0.235. The third-order valence-corrected chi connectivity index (χ3v) is 2.92. The topological polar surface area (TPSA) is 35.5 Å². The number of ketones is 1. The number of ether oxygens (including phenoxy) is 2. The molecule has 2 aromatic rings. The van der Waals surface area contributed by atoms with Crippen LogP contribution in [0.25, 0.3) is 0 Å². The Balaban J connectivity index is 1.91. The molecule has 0 atom stereocenters. The van der Waals surface area contributed by atoms with Crippen LogP contribution in [-0.2, 0) is 0 Å². The van der Waals surface area contributed by atoms with Crippen molar-refractivity contribution in [2.75, 3.05) is 13.2 Å². The highest BCUT2D eigenvalue weighted by atomic mass is 19.1. The predicted octanol–water partition coefficient (Wildman–Crippen LogP) is 3.79. The molecule has 0 unspecified atom stereocenters. The smallest absolute Gasteiger partial charge is 0.163 e. The molecule has 0 aliphatic carbocycles. The van der Waals surface area contributed by atoms with Gasteiger partial charge in [0.1, 0.15) is 30.5 Å². The van der Waals surface area contributed by atoms with Gasteiger partial charge in [0.25, 0.3) is 0 Å². The van der Waals surface area contributed by atoms with Crippen LogP contribution in [0.1, 0.15) is 22.8 Å². The summed E-state index contributed by atoms with van der Waals surface area (Å²) < 4.78 is 24.0. The highest BCUT2D eigenvalue weighted by Crippen LogP contribution is 2.21. The van der Waals surface area contributed by atoms with Crippen LogP contribution in [0.3, 0.4) is 0 Å². The van der Waals surface area contributed by atoms with E-state index in [2.05, 4.69) is 0 Å². The third-order valence-electron chi connectivity index (χ3n) is 2.92. The lowest BCUT2D eigenvalue weighted by atomic mass is 10.1. The van der Waals surface area contributed by atoms with Crippen molar-refractivity contribution < 1.29 is 18.7 Å². The number of hydrogen-bond donors (Lipinski definition) is 0. The van der Waals surface area contributed by atoms with E-state index in [9.17, 15) is 9.18 Å². The van der Waals surface area contributed by atoms with Crippen molar-refractivity contribution in [2.24, 2.45) is 0 Å². The average molecular weight is 288 g/mol. The van der Waals surface area contributed by atoms with E-state index in [-0.39, 0.29) is 24.8 Å². The summed E-state index contributed by atoms with van der Waals surface area (Å²) in [6, 6.07) is 11.4. The van der Waals surface area contributed by atoms with Crippen molar-refractivity contribution in [1.29, 1.82) is 0 Å². The second-order valence-electron chi connectivity index (χ2n) is 4.71. The van der Waals surface area contributed by atoms with Gasteiger partial charge in [-0.25, -0.2) is 4.39 Å². The number of carbonyl (C=O) groups excluding carboxylic acids is 1. The average Bonchev–Trinajstić information content (AvgIpc) is 2.43. The largest absolute Gasteiger partial charge is 0.490 e. The van der Waals surface area contributed by atoms with Gasteiger partial charge < -0.3 is 9.47 Å². The second kappa shape index (κ2) is 6.88. The van der Waals surface area contributed by atoms with Gasteiger partial charge in [-0.2, -0.15) is 0 Å². The van der Waals surface area contributed by atoms with Crippen LogP contribution in [-0.4, -0.2) is 19.0 Å². The highest BCUT2D eigenvalue weighted by Gasteiger charge is 2.08. The van der Waals surface area contributed by atoms with Crippen molar-refractivity contribution >= 4 is 5.78 Å². The molecule has 2 rings (SSSR count). The molecule has 0 fully saturated rings. The van der Waals surface area contributed by atoms with E-state index in [4.69, 9.17) is 9.47 Å². The zero-order valence-electron chi connectivity index (χ0n) is 12.1. The van der Waals surface area contributed by atoms with Gasteiger partial charge in [0.05, 0.1) is 5.56 Å². The SMILES string of the molecule is CC(=O)c1ccc(C)cc1OCCOc1cccc(F)c1. The number of benzene rings is 2. The molecule has 0 saturated carbocycles. The van der Waals surface area contributed by atoms with E-state index in [1.165, 1.54) is 19.1 Å². The van der Waals surface area contributed by atoms with Crippen molar-refractivity contribution in [2.45, 2.75) is 13.8 Å². The summed E-state index contributed by atoms with van der Waals surface area (Å²) in [5.74, 6) is 0.613. The fourth-order valence-electron chi connectivity index (χ4n) is 1.91. The maximum atomic E-state index is 13.0. The molecule has 0 bridgehead atoms. The maximum Gasteiger partial charge on any atom is 0.163 e. The monoisotopic (exact) mass is 288 g/mol. The van der Waals surface area contributed by atoms with Gasteiger partial charge >= 0.3 is 0 Å². The molecular formula is C17H17FO3. The number of rotatable bonds is 6. The lowest BCUT2D eigenvalue weighted by Crippen LogP contribution is -2.11. The maximum absolute atomic E-state index is 13.0. The molecular weight excluding hydrogens is 271 g/mol. The Bertz CT molecular complexity index is 638. The molecule has 110 valence electrons. The third kappa shape index (κ3) is 4.31. The number of carbonyl (C=O) groups is 1. The Kier molecular flexibility index (Phi) is 4.93. The van der Waals surface area contributed by atoms with E-state index < -0.39 is 0 Å². The zero-order chi connectivity index (χ0) is 15.2. The Morgan fingerprint density at radius 3 is 2.57 bits per heavy atom. The lowest BCUT2D eigenvalue weighted by Gasteiger charge is -2.11. The van der Waals surface area contributed by atoms with Gasteiger partial charge in [0.2, 0.25) is 0 Å². The lowest BCUT2D eigenvalue weighted by molar-refractivity contribution is 0.101. The molecule has 0 N–H and O–H groups in total. The van der Waals surface area contributed by atoms with Crippen molar-refractivity contribution in [3.05, 3.63) is 59.4 Å². The molecule has 2 aromatic carbocycles. The minimum absolute atomic E-state index is 0.0453. The normalized spacial score (nSPS) is 10.2. The van der Waals surface area contributed by atoms with E-state index in [1.807, 2.05) is 19.1 Å². The molecule has 0 aliphatic heterocycles. The molecule has 21 heavy (non-hydrogen) atoms. The second-order valence-corrected chi connectivity index (χ2v) is 4.71. The molecule has 3 nitrogen and oxygen atoms in total. The van der Waals surface area contributed by atoms with Gasteiger partial charge in [-0.1, -0.05) is 12.1 Å². The Hall–Kier alpha value is -2.36. The molecule has 0 aromatic heterocycles. The van der Waals surface area contributed by atoms with Crippen LogP contribution < -0.4 is 9.47 Å². The summed E-state index contributed by atoms with van der Waals surface area (Å²) >= 11 is 0. The first-order valence-electron chi connectivity index (χ1n) is 6.69. The predicted molar refractivity (Wildman–Crippen MR) is 78.6 cm³/mol. The van der Waals surface area contributed by atoms with Gasteiger partial charge in [0, 0.05) is 6.07 Å². The quantitative estimate of drug-likeness (QED) is 0.599. The van der Waals surface area contributed by atoms with Crippen LogP contribution in [0.5, 0.6) is 11.5 Å². The van der Waals surface area contributed by atoms with E-state index in [0.29, 0.717) is 17.1 Å². The summed E-state index contributed by atoms with van der Waals surface area (Å²) in [5, 5.41) is 0. The van der Waals surface area contributed by atoms with Gasteiger partial charge in [-0.3, -0.25) is 4.79 Å². The van der Waals surface area contributed by atoms with E-state index in [0.717, 1.165) is 5.56 Å². The minimum atomic E-state index is -0.342. The fourth-order valence-corrected chi connectivity index (χ4v) is 1.91. The zero-order valence-corrected chi connectivity index (χ0v) is 12.1. The Labute approximate surface area is 123 Å². The molecule has 0 spiro atoms. The Morgan fingerprint density at radius 2 is 1.86 bits per heavy atom. The first kappa shape index (κ1) is 15.0. The summed E-state index contributed by atoms with van der Waals surface area (Å²) in [6.07, 6.45) is 0. The number of hydrogen-bond acceptors (Lipinski definition) is 3. The van der Waals surface area contributed by atoms with Crippen molar-refractivity contribution in [1.82, 2.24) is 0 Å². The first-order chi connectivity index (χ1) is 10.1. The molecule has 0 aliphatic rings. The number of aryl methyl sites for hydroxylation is 1. The number of halogens is 1. The standard InChI is InChI=1S/C17H17FO3/c1-12-6-7-16(13(2)19)17(10-12)21-9-8-20-15-5-3-4-14(18)11-15/h3-7,10-11H,8-9H2,1-2H3. The van der Waals surface area contributed by atoms with Crippen molar-refractivity contribution in [3.8, 4) is 11.5 Å². The van der Waals surface area contributed by atoms with Gasteiger partial charge in [-0.15, -0.1) is 0 Å². The molecule has 0 radical (unpaired) electrons. The van der Waals surface area contributed by atoms with E-state index in [1.54, 1.807) is 18.2 Å². The molecule has 0 amide bonds. The van der Waals surface area contributed by atoms with Crippen LogP contribution in [0.2, 0.25) is 0 Å². The van der Waals surface area contributed by atoms with Crippen LogP contribution >= 0.6 is 0 Å². The molecule has 0 saturated heterocycles. The summed E-state index contributed by atoms with van der Waals surface area (Å²) in [6.45, 7) is 3.98. The van der Waals surface area contributed by atoms with Crippen LogP contribution in [0.15, 0.2) is 42.5 Å². The van der Waals surface area contributed by atoms with Crippen LogP contribution in [0.4, 0.5) is 4.39 Å². The minimum Gasteiger partial charge on any atom is -0.490 e. The Morgan fingerprint density at radius 1 is 1.10 bits per heavy atom. The first-order valence-corrected chi connectivity index (χ1v) is 6.69.